The SMILES string of the molecule is COc1cc2nc(NC(=O)Cc3ccc(SC(C)C)cc3)sc2cc1OC. The van der Waals surface area contributed by atoms with Gasteiger partial charge in [0.15, 0.2) is 16.6 Å². The predicted molar refractivity (Wildman–Crippen MR) is 112 cm³/mol. The number of amides is 1. The van der Waals surface area contributed by atoms with Crippen molar-refractivity contribution in [2.75, 3.05) is 19.5 Å². The van der Waals surface area contributed by atoms with Crippen LogP contribution >= 0.6 is 23.1 Å². The molecule has 0 bridgehead atoms. The average molecular weight is 403 g/mol. The number of aromatic nitrogens is 1. The number of ether oxygens (including phenoxy) is 2. The molecular formula is C20H22N2O3S2. The number of anilines is 1. The van der Waals surface area contributed by atoms with Crippen LogP contribution in [-0.2, 0) is 11.2 Å². The first-order valence-electron chi connectivity index (χ1n) is 8.56. The van der Waals surface area contributed by atoms with Gasteiger partial charge in [0.2, 0.25) is 5.91 Å². The number of rotatable bonds is 7. The van der Waals surface area contributed by atoms with Crippen molar-refractivity contribution in [1.29, 1.82) is 0 Å². The second-order valence-corrected chi connectivity index (χ2v) is 8.91. The van der Waals surface area contributed by atoms with E-state index in [1.807, 2.05) is 36.0 Å². The fraction of sp³-hybridized carbons (Fsp3) is 0.300. The van der Waals surface area contributed by atoms with Gasteiger partial charge in [0.1, 0.15) is 0 Å². The third-order valence-electron chi connectivity index (χ3n) is 3.80. The first-order chi connectivity index (χ1) is 13.0. The van der Waals surface area contributed by atoms with Crippen molar-refractivity contribution in [3.05, 3.63) is 42.0 Å². The summed E-state index contributed by atoms with van der Waals surface area (Å²) in [5.74, 6) is 1.18. The van der Waals surface area contributed by atoms with Gasteiger partial charge in [-0.3, -0.25) is 4.79 Å². The lowest BCUT2D eigenvalue weighted by molar-refractivity contribution is -0.115. The summed E-state index contributed by atoms with van der Waals surface area (Å²) in [7, 11) is 3.18. The van der Waals surface area contributed by atoms with Crippen molar-refractivity contribution in [3.8, 4) is 11.5 Å². The highest BCUT2D eigenvalue weighted by atomic mass is 32.2. The largest absolute Gasteiger partial charge is 0.493 e. The molecule has 0 fully saturated rings. The number of methoxy groups -OCH3 is 2. The molecule has 0 spiro atoms. The van der Waals surface area contributed by atoms with Crippen LogP contribution in [0.25, 0.3) is 10.2 Å². The van der Waals surface area contributed by atoms with Gasteiger partial charge in [-0.15, -0.1) is 11.8 Å². The molecule has 0 aliphatic heterocycles. The molecule has 27 heavy (non-hydrogen) atoms. The van der Waals surface area contributed by atoms with Gasteiger partial charge in [-0.2, -0.15) is 0 Å². The van der Waals surface area contributed by atoms with Gasteiger partial charge in [0, 0.05) is 22.3 Å². The molecule has 0 radical (unpaired) electrons. The Balaban J connectivity index is 1.68. The predicted octanol–water partition coefficient (Wildman–Crippen LogP) is 5.00. The highest BCUT2D eigenvalue weighted by Gasteiger charge is 2.13. The average Bonchev–Trinajstić information content (AvgIpc) is 3.02. The van der Waals surface area contributed by atoms with E-state index >= 15 is 0 Å². The first kappa shape index (κ1) is 19.5. The normalized spacial score (nSPS) is 11.0. The Bertz CT molecular complexity index is 895. The van der Waals surface area contributed by atoms with Gasteiger partial charge in [-0.25, -0.2) is 4.98 Å². The smallest absolute Gasteiger partial charge is 0.230 e. The van der Waals surface area contributed by atoms with Crippen LogP contribution in [0.3, 0.4) is 0 Å². The lowest BCUT2D eigenvalue weighted by Crippen LogP contribution is -2.14. The van der Waals surface area contributed by atoms with E-state index in [0.717, 1.165) is 15.8 Å². The van der Waals surface area contributed by atoms with Crippen LogP contribution in [0.4, 0.5) is 5.13 Å². The highest BCUT2D eigenvalue weighted by molar-refractivity contribution is 7.99. The van der Waals surface area contributed by atoms with Crippen molar-refractivity contribution in [1.82, 2.24) is 4.98 Å². The lowest BCUT2D eigenvalue weighted by atomic mass is 10.1. The Morgan fingerprint density at radius 1 is 1.15 bits per heavy atom. The molecule has 5 nitrogen and oxygen atoms in total. The molecule has 142 valence electrons. The molecule has 0 aliphatic rings. The van der Waals surface area contributed by atoms with Crippen LogP contribution in [0.5, 0.6) is 11.5 Å². The highest BCUT2D eigenvalue weighted by Crippen LogP contribution is 2.36. The summed E-state index contributed by atoms with van der Waals surface area (Å²) in [6.07, 6.45) is 0.315. The molecule has 3 aromatic rings. The Hall–Kier alpha value is -2.25. The van der Waals surface area contributed by atoms with E-state index in [1.54, 1.807) is 14.2 Å². The molecule has 2 aromatic carbocycles. The topological polar surface area (TPSA) is 60.5 Å². The minimum absolute atomic E-state index is 0.0859. The summed E-state index contributed by atoms with van der Waals surface area (Å²) in [5, 5.41) is 3.99. The monoisotopic (exact) mass is 402 g/mol. The Kier molecular flexibility index (Phi) is 6.23. The van der Waals surface area contributed by atoms with Crippen molar-refractivity contribution in [2.45, 2.75) is 30.4 Å². The summed E-state index contributed by atoms with van der Waals surface area (Å²) in [6, 6.07) is 11.8. The fourth-order valence-electron chi connectivity index (χ4n) is 2.62. The van der Waals surface area contributed by atoms with Crippen LogP contribution in [0.1, 0.15) is 19.4 Å². The number of hydrogen-bond donors (Lipinski definition) is 1. The molecule has 0 saturated heterocycles. The van der Waals surface area contributed by atoms with Crippen molar-refractivity contribution in [2.24, 2.45) is 0 Å². The quantitative estimate of drug-likeness (QED) is 0.564. The van der Waals surface area contributed by atoms with Gasteiger partial charge in [0.05, 0.1) is 30.9 Å². The van der Waals surface area contributed by atoms with E-state index in [0.29, 0.717) is 28.3 Å². The van der Waals surface area contributed by atoms with Gasteiger partial charge >= 0.3 is 0 Å². The number of carbonyl (C=O) groups is 1. The minimum atomic E-state index is -0.0859. The second-order valence-electron chi connectivity index (χ2n) is 6.23. The molecule has 0 aliphatic carbocycles. The van der Waals surface area contributed by atoms with Crippen molar-refractivity contribution < 1.29 is 14.3 Å². The molecule has 0 saturated carbocycles. The standard InChI is InChI=1S/C20H22N2O3S2/c1-12(2)26-14-7-5-13(6-8-14)9-19(23)22-20-21-15-10-16(24-3)17(25-4)11-18(15)27-20/h5-8,10-12H,9H2,1-4H3,(H,21,22,23). The maximum Gasteiger partial charge on any atom is 0.230 e. The molecular weight excluding hydrogens is 380 g/mol. The molecule has 3 rings (SSSR count). The second kappa shape index (κ2) is 8.63. The molecule has 0 atom stereocenters. The lowest BCUT2D eigenvalue weighted by Gasteiger charge is -2.06. The van der Waals surface area contributed by atoms with Crippen LogP contribution in [0.2, 0.25) is 0 Å². The molecule has 0 unspecified atom stereocenters. The van der Waals surface area contributed by atoms with E-state index in [4.69, 9.17) is 9.47 Å². The van der Waals surface area contributed by atoms with Crippen LogP contribution in [-0.4, -0.2) is 30.4 Å². The van der Waals surface area contributed by atoms with Crippen LogP contribution in [0.15, 0.2) is 41.3 Å². The Labute approximate surface area is 167 Å². The fourth-order valence-corrected chi connectivity index (χ4v) is 4.35. The number of benzene rings is 2. The summed E-state index contributed by atoms with van der Waals surface area (Å²) >= 11 is 3.22. The molecule has 1 amide bonds. The zero-order valence-corrected chi connectivity index (χ0v) is 17.4. The summed E-state index contributed by atoms with van der Waals surface area (Å²) < 4.78 is 11.5. The first-order valence-corrected chi connectivity index (χ1v) is 10.3. The van der Waals surface area contributed by atoms with Gasteiger partial charge in [-0.1, -0.05) is 37.3 Å². The zero-order chi connectivity index (χ0) is 19.4. The summed E-state index contributed by atoms with van der Waals surface area (Å²) in [5.41, 5.74) is 1.74. The number of carbonyl (C=O) groups excluding carboxylic acids is 1. The van der Waals surface area contributed by atoms with Gasteiger partial charge in [0.25, 0.3) is 0 Å². The van der Waals surface area contributed by atoms with E-state index in [9.17, 15) is 4.79 Å². The number of thioether (sulfide) groups is 1. The van der Waals surface area contributed by atoms with Crippen LogP contribution < -0.4 is 14.8 Å². The summed E-state index contributed by atoms with van der Waals surface area (Å²) in [6.45, 7) is 4.32. The molecule has 1 aromatic heterocycles. The molecule has 1 N–H and O–H groups in total. The maximum absolute atomic E-state index is 12.4. The third kappa shape index (κ3) is 4.93. The van der Waals surface area contributed by atoms with E-state index in [-0.39, 0.29) is 5.91 Å². The van der Waals surface area contributed by atoms with E-state index in [2.05, 4.69) is 36.3 Å². The van der Waals surface area contributed by atoms with E-state index in [1.165, 1.54) is 16.2 Å². The zero-order valence-electron chi connectivity index (χ0n) is 15.7. The third-order valence-corrected chi connectivity index (χ3v) is 5.75. The number of nitrogens with zero attached hydrogens (tertiary/aromatic N) is 1. The number of fused-ring (bicyclic) bond motifs is 1. The van der Waals surface area contributed by atoms with Gasteiger partial charge < -0.3 is 14.8 Å². The van der Waals surface area contributed by atoms with Crippen molar-refractivity contribution >= 4 is 44.4 Å². The van der Waals surface area contributed by atoms with Crippen LogP contribution in [0, 0.1) is 0 Å². The number of nitrogens with one attached hydrogen (secondary N) is 1. The molecule has 7 heteroatoms. The number of thiazole rings is 1. The Morgan fingerprint density at radius 2 is 1.81 bits per heavy atom. The Morgan fingerprint density at radius 3 is 2.44 bits per heavy atom. The maximum atomic E-state index is 12.4. The van der Waals surface area contributed by atoms with Crippen molar-refractivity contribution in [3.63, 3.8) is 0 Å². The summed E-state index contributed by atoms with van der Waals surface area (Å²) in [4.78, 5) is 18.1. The van der Waals surface area contributed by atoms with E-state index < -0.39 is 0 Å². The minimum Gasteiger partial charge on any atom is -0.493 e. The number of hydrogen-bond acceptors (Lipinski definition) is 6. The molecule has 1 heterocycles. The van der Waals surface area contributed by atoms with Gasteiger partial charge in [-0.05, 0) is 17.7 Å².